The Hall–Kier alpha value is -6.71. The average molecular weight is 641 g/mol. The van der Waals surface area contributed by atoms with E-state index in [-0.39, 0.29) is 0 Å². The number of benzene rings is 7. The maximum atomic E-state index is 6.31. The number of hydrogen-bond donors (Lipinski definition) is 0. The lowest BCUT2D eigenvalue weighted by molar-refractivity contribution is 0.668. The van der Waals surface area contributed by atoms with Crippen molar-refractivity contribution in [1.29, 1.82) is 0 Å². The van der Waals surface area contributed by atoms with Crippen LogP contribution in [0.5, 0.6) is 0 Å². The van der Waals surface area contributed by atoms with Crippen molar-refractivity contribution >= 4 is 39.1 Å². The van der Waals surface area contributed by atoms with Gasteiger partial charge in [0.25, 0.3) is 0 Å². The predicted molar refractivity (Wildman–Crippen MR) is 208 cm³/mol. The second-order valence-corrected chi connectivity index (χ2v) is 12.4. The summed E-state index contributed by atoms with van der Waals surface area (Å²) < 4.78 is 6.31. The highest BCUT2D eigenvalue weighted by atomic mass is 16.3. The van der Waals surface area contributed by atoms with Gasteiger partial charge in [0.1, 0.15) is 11.1 Å². The summed E-state index contributed by atoms with van der Waals surface area (Å²) in [6.45, 7) is 0. The molecule has 0 spiro atoms. The Morgan fingerprint density at radius 2 is 0.860 bits per heavy atom. The number of rotatable bonds is 7. The van der Waals surface area contributed by atoms with E-state index >= 15 is 0 Å². The van der Waals surface area contributed by atoms with Crippen LogP contribution in [0.15, 0.2) is 199 Å². The summed E-state index contributed by atoms with van der Waals surface area (Å²) >= 11 is 0. The number of hydrogen-bond acceptors (Lipinski definition) is 3. The van der Waals surface area contributed by atoms with Crippen LogP contribution in [-0.2, 0) is 0 Å². The molecule has 9 aromatic rings. The second kappa shape index (κ2) is 12.7. The van der Waals surface area contributed by atoms with Crippen molar-refractivity contribution in [3.8, 4) is 44.5 Å². The van der Waals surface area contributed by atoms with E-state index in [1.807, 2.05) is 30.5 Å². The number of pyridine rings is 1. The molecule has 3 heteroatoms. The maximum absolute atomic E-state index is 6.31. The molecule has 0 fully saturated rings. The molecule has 50 heavy (non-hydrogen) atoms. The van der Waals surface area contributed by atoms with Gasteiger partial charge < -0.3 is 9.32 Å². The lowest BCUT2D eigenvalue weighted by Gasteiger charge is -2.27. The second-order valence-electron chi connectivity index (χ2n) is 12.4. The van der Waals surface area contributed by atoms with Crippen LogP contribution in [0, 0.1) is 0 Å². The van der Waals surface area contributed by atoms with Crippen molar-refractivity contribution in [2.24, 2.45) is 0 Å². The largest absolute Gasteiger partial charge is 0.454 e. The van der Waals surface area contributed by atoms with Gasteiger partial charge in [0.05, 0.1) is 17.6 Å². The first-order valence-corrected chi connectivity index (χ1v) is 16.9. The first kappa shape index (κ1) is 29.4. The van der Waals surface area contributed by atoms with Gasteiger partial charge in [0.2, 0.25) is 0 Å². The molecule has 0 unspecified atom stereocenters. The minimum absolute atomic E-state index is 0.758. The predicted octanol–water partition coefficient (Wildman–Crippen LogP) is 13.1. The molecule has 0 aliphatic rings. The molecule has 0 saturated heterocycles. The highest BCUT2D eigenvalue weighted by Gasteiger charge is 2.20. The van der Waals surface area contributed by atoms with Crippen LogP contribution >= 0.6 is 0 Å². The molecule has 0 amide bonds. The Kier molecular flexibility index (Phi) is 7.49. The third kappa shape index (κ3) is 5.51. The van der Waals surface area contributed by atoms with Crippen molar-refractivity contribution in [2.45, 2.75) is 0 Å². The molecule has 0 aliphatic carbocycles. The normalized spacial score (nSPS) is 11.2. The average Bonchev–Trinajstić information content (AvgIpc) is 3.57. The fraction of sp³-hybridized carbons (Fsp3) is 0. The fourth-order valence-electron chi connectivity index (χ4n) is 6.81. The fourth-order valence-corrected chi connectivity index (χ4v) is 6.81. The van der Waals surface area contributed by atoms with Crippen LogP contribution in [0.1, 0.15) is 0 Å². The van der Waals surface area contributed by atoms with Gasteiger partial charge in [-0.3, -0.25) is 0 Å². The molecule has 2 aromatic heterocycles. The van der Waals surface area contributed by atoms with E-state index in [1.54, 1.807) is 0 Å². The molecule has 3 nitrogen and oxygen atoms in total. The molecular formula is C47H32N2O. The van der Waals surface area contributed by atoms with Gasteiger partial charge >= 0.3 is 0 Å². The molecule has 0 N–H and O–H groups in total. The third-order valence-corrected chi connectivity index (χ3v) is 9.36. The number of fused-ring (bicyclic) bond motifs is 3. The van der Waals surface area contributed by atoms with Gasteiger partial charge in [-0.25, -0.2) is 4.98 Å². The van der Waals surface area contributed by atoms with Gasteiger partial charge in [-0.1, -0.05) is 152 Å². The third-order valence-electron chi connectivity index (χ3n) is 9.36. The zero-order chi connectivity index (χ0) is 33.3. The molecule has 0 saturated carbocycles. The summed E-state index contributed by atoms with van der Waals surface area (Å²) in [6, 6.07) is 66.1. The monoisotopic (exact) mass is 640 g/mol. The molecule has 0 atom stereocenters. The lowest BCUT2D eigenvalue weighted by atomic mass is 9.98. The summed E-state index contributed by atoms with van der Waals surface area (Å²) in [7, 11) is 0. The summed E-state index contributed by atoms with van der Waals surface area (Å²) in [6.07, 6.45) is 1.95. The first-order valence-electron chi connectivity index (χ1n) is 16.9. The minimum atomic E-state index is 0.758. The lowest BCUT2D eigenvalue weighted by Crippen LogP contribution is -2.11. The molecule has 2 heterocycles. The Morgan fingerprint density at radius 3 is 1.48 bits per heavy atom. The van der Waals surface area contributed by atoms with Crippen LogP contribution in [0.2, 0.25) is 0 Å². The zero-order valence-electron chi connectivity index (χ0n) is 27.3. The van der Waals surface area contributed by atoms with E-state index < -0.39 is 0 Å². The van der Waals surface area contributed by atoms with Gasteiger partial charge in [-0.2, -0.15) is 0 Å². The van der Waals surface area contributed by atoms with Crippen LogP contribution in [0.3, 0.4) is 0 Å². The Morgan fingerprint density at radius 1 is 0.380 bits per heavy atom. The van der Waals surface area contributed by atoms with Crippen LogP contribution in [0.4, 0.5) is 17.1 Å². The standard InChI is InChI=1S/C47H32N2O/c1-3-11-33(12-4-1)35-19-21-37(22-20-35)38-27-29-40(30-28-38)49(41-31-46-47(48-32-41)43-16-8-10-18-45(43)50-46)44-17-9-7-15-42(44)39-25-23-36(24-26-39)34-13-5-2-6-14-34/h1-32H. The smallest absolute Gasteiger partial charge is 0.155 e. The Labute approximate surface area is 291 Å². The molecule has 236 valence electrons. The van der Waals surface area contributed by atoms with E-state index in [1.165, 1.54) is 27.8 Å². The van der Waals surface area contributed by atoms with Gasteiger partial charge in [0, 0.05) is 22.7 Å². The SMILES string of the molecule is c1ccc(-c2ccc(-c3ccc(N(c4cnc5c(c4)oc4ccccc45)c4ccccc4-c4ccc(-c5ccccc5)cc4)cc3)cc2)cc1. The number of nitrogens with zero attached hydrogens (tertiary/aromatic N) is 2. The quantitative estimate of drug-likeness (QED) is 0.174. The van der Waals surface area contributed by atoms with E-state index in [0.29, 0.717) is 0 Å². The van der Waals surface area contributed by atoms with Crippen molar-refractivity contribution < 1.29 is 4.42 Å². The number of furan rings is 1. The van der Waals surface area contributed by atoms with Gasteiger partial charge in [-0.05, 0) is 69.3 Å². The van der Waals surface area contributed by atoms with E-state index in [9.17, 15) is 0 Å². The van der Waals surface area contributed by atoms with Crippen LogP contribution in [-0.4, -0.2) is 4.98 Å². The highest BCUT2D eigenvalue weighted by molar-refractivity contribution is 6.03. The maximum Gasteiger partial charge on any atom is 0.155 e. The summed E-state index contributed by atoms with van der Waals surface area (Å²) in [4.78, 5) is 7.23. The van der Waals surface area contributed by atoms with Gasteiger partial charge in [0.15, 0.2) is 5.58 Å². The number of aromatic nitrogens is 1. The minimum Gasteiger partial charge on any atom is -0.454 e. The highest BCUT2D eigenvalue weighted by Crippen LogP contribution is 2.43. The van der Waals surface area contributed by atoms with Crippen molar-refractivity contribution in [3.63, 3.8) is 0 Å². The van der Waals surface area contributed by atoms with Crippen molar-refractivity contribution in [2.75, 3.05) is 4.90 Å². The number of para-hydroxylation sites is 2. The zero-order valence-corrected chi connectivity index (χ0v) is 27.3. The summed E-state index contributed by atoms with van der Waals surface area (Å²) in [5, 5.41) is 1.02. The van der Waals surface area contributed by atoms with E-state index in [2.05, 4.69) is 169 Å². The summed E-state index contributed by atoms with van der Waals surface area (Å²) in [5.41, 5.74) is 14.9. The molecular weight excluding hydrogens is 609 g/mol. The Bertz CT molecular complexity index is 2550. The first-order chi connectivity index (χ1) is 24.8. The van der Waals surface area contributed by atoms with E-state index in [0.717, 1.165) is 55.8 Å². The molecule has 0 bridgehead atoms. The summed E-state index contributed by atoms with van der Waals surface area (Å²) in [5.74, 6) is 0. The molecule has 0 aliphatic heterocycles. The van der Waals surface area contributed by atoms with Crippen LogP contribution in [0.25, 0.3) is 66.6 Å². The van der Waals surface area contributed by atoms with Gasteiger partial charge in [-0.15, -0.1) is 0 Å². The Balaban J connectivity index is 1.13. The van der Waals surface area contributed by atoms with Crippen molar-refractivity contribution in [1.82, 2.24) is 4.98 Å². The molecule has 9 rings (SSSR count). The van der Waals surface area contributed by atoms with E-state index in [4.69, 9.17) is 9.40 Å². The molecule has 7 aromatic carbocycles. The molecule has 0 radical (unpaired) electrons. The topological polar surface area (TPSA) is 29.3 Å². The number of anilines is 3. The van der Waals surface area contributed by atoms with Crippen molar-refractivity contribution in [3.05, 3.63) is 194 Å². The van der Waals surface area contributed by atoms with Crippen LogP contribution < -0.4 is 4.90 Å².